The molecule has 2 aromatic heterocycles. The third-order valence-corrected chi connectivity index (χ3v) is 8.06. The lowest BCUT2D eigenvalue weighted by molar-refractivity contribution is 0.292. The van der Waals surface area contributed by atoms with Gasteiger partial charge in [-0.25, -0.2) is 4.98 Å². The van der Waals surface area contributed by atoms with Crippen molar-refractivity contribution in [2.75, 3.05) is 55.9 Å². The Bertz CT molecular complexity index is 1530. The van der Waals surface area contributed by atoms with Crippen LogP contribution in [0.3, 0.4) is 0 Å². The number of aromatic nitrogens is 4. The van der Waals surface area contributed by atoms with Gasteiger partial charge < -0.3 is 29.9 Å². The molecule has 2 N–H and O–H groups in total. The first-order valence-corrected chi connectivity index (χ1v) is 14.4. The second kappa shape index (κ2) is 11.4. The van der Waals surface area contributed by atoms with Crippen molar-refractivity contribution in [2.24, 2.45) is 0 Å². The predicted octanol–water partition coefficient (Wildman–Crippen LogP) is 5.53. The number of hydrogen-bond acceptors (Lipinski definition) is 10. The number of nitrogens with one attached hydrogen (secondary N) is 2. The van der Waals surface area contributed by atoms with Crippen molar-refractivity contribution < 1.29 is 9.47 Å². The lowest BCUT2D eigenvalue weighted by atomic mass is 10.1. The second-order valence-corrected chi connectivity index (χ2v) is 10.9. The third kappa shape index (κ3) is 5.48. The number of anilines is 5. The highest BCUT2D eigenvalue weighted by molar-refractivity contribution is 9.10. The molecule has 10 nitrogen and oxygen atoms in total. The van der Waals surface area contributed by atoms with Gasteiger partial charge in [0.2, 0.25) is 5.95 Å². The Kier molecular flexibility index (Phi) is 7.57. The van der Waals surface area contributed by atoms with Crippen LogP contribution in [-0.4, -0.2) is 71.3 Å². The number of nitrogens with zero attached hydrogens (tertiary/aromatic N) is 6. The first kappa shape index (κ1) is 26.5. The van der Waals surface area contributed by atoms with E-state index >= 15 is 0 Å². The SMILES string of the molecule is CCc1c(Nc2nc(Nc3cc4c(cc3OC)N(CCN(C)C3CC3)CCO4)ncc2Br)ccc2nccnc12. The molecule has 1 fully saturated rings. The van der Waals surface area contributed by atoms with Gasteiger partial charge in [-0.2, -0.15) is 4.98 Å². The monoisotopic (exact) mass is 604 g/mol. The predicted molar refractivity (Wildman–Crippen MR) is 162 cm³/mol. The van der Waals surface area contributed by atoms with E-state index in [0.717, 1.165) is 76.0 Å². The zero-order valence-electron chi connectivity index (χ0n) is 22.9. The molecule has 40 heavy (non-hydrogen) atoms. The maximum Gasteiger partial charge on any atom is 0.229 e. The molecular formula is C29H33BrN8O2. The summed E-state index contributed by atoms with van der Waals surface area (Å²) in [6, 6.07) is 8.73. The number of halogens is 1. The van der Waals surface area contributed by atoms with Crippen LogP contribution in [0, 0.1) is 0 Å². The maximum absolute atomic E-state index is 6.06. The average Bonchev–Trinajstić information content (AvgIpc) is 3.83. The highest BCUT2D eigenvalue weighted by atomic mass is 79.9. The van der Waals surface area contributed by atoms with Gasteiger partial charge in [-0.05, 0) is 54.4 Å². The van der Waals surface area contributed by atoms with Gasteiger partial charge in [0.25, 0.3) is 0 Å². The zero-order chi connectivity index (χ0) is 27.6. The van der Waals surface area contributed by atoms with E-state index in [1.54, 1.807) is 25.7 Å². The van der Waals surface area contributed by atoms with Crippen LogP contribution >= 0.6 is 15.9 Å². The number of ether oxygens (including phenoxy) is 2. The highest BCUT2D eigenvalue weighted by Gasteiger charge is 2.27. The summed E-state index contributed by atoms with van der Waals surface area (Å²) >= 11 is 3.59. The number of hydrogen-bond donors (Lipinski definition) is 2. The van der Waals surface area contributed by atoms with Crippen molar-refractivity contribution in [2.45, 2.75) is 32.2 Å². The van der Waals surface area contributed by atoms with Crippen molar-refractivity contribution in [3.63, 3.8) is 0 Å². The first-order valence-electron chi connectivity index (χ1n) is 13.6. The normalized spacial score (nSPS) is 14.7. The Morgan fingerprint density at radius 3 is 2.77 bits per heavy atom. The Morgan fingerprint density at radius 2 is 1.98 bits per heavy atom. The second-order valence-electron chi connectivity index (χ2n) is 10.1. The number of fused-ring (bicyclic) bond motifs is 2. The summed E-state index contributed by atoms with van der Waals surface area (Å²) in [4.78, 5) is 23.1. The van der Waals surface area contributed by atoms with E-state index in [0.29, 0.717) is 24.1 Å². The molecule has 0 amide bonds. The molecule has 0 atom stereocenters. The van der Waals surface area contributed by atoms with Crippen LogP contribution in [0.5, 0.6) is 11.5 Å². The molecule has 4 aromatic rings. The van der Waals surface area contributed by atoms with Crippen LogP contribution in [-0.2, 0) is 6.42 Å². The first-order chi connectivity index (χ1) is 19.5. The zero-order valence-corrected chi connectivity index (χ0v) is 24.5. The fourth-order valence-corrected chi connectivity index (χ4v) is 5.40. The average molecular weight is 606 g/mol. The van der Waals surface area contributed by atoms with E-state index < -0.39 is 0 Å². The fraction of sp³-hybridized carbons (Fsp3) is 0.379. The summed E-state index contributed by atoms with van der Waals surface area (Å²) in [5.74, 6) is 2.59. The number of aryl methyl sites for hydroxylation is 1. The largest absolute Gasteiger partial charge is 0.494 e. The molecule has 0 radical (unpaired) electrons. The van der Waals surface area contributed by atoms with Gasteiger partial charge in [0, 0.05) is 61.1 Å². The maximum atomic E-state index is 6.06. The van der Waals surface area contributed by atoms with Gasteiger partial charge in [0.15, 0.2) is 0 Å². The third-order valence-electron chi connectivity index (χ3n) is 7.48. The number of benzene rings is 2. The summed E-state index contributed by atoms with van der Waals surface area (Å²) in [6.07, 6.45) is 8.57. The molecule has 208 valence electrons. The highest BCUT2D eigenvalue weighted by Crippen LogP contribution is 2.41. The Hall–Kier alpha value is -3.70. The summed E-state index contributed by atoms with van der Waals surface area (Å²) in [6.45, 7) is 5.58. The molecule has 0 saturated heterocycles. The quantitative estimate of drug-likeness (QED) is 0.240. The van der Waals surface area contributed by atoms with Crippen LogP contribution in [0.4, 0.5) is 28.8 Å². The lowest BCUT2D eigenvalue weighted by Gasteiger charge is -2.33. The topological polar surface area (TPSA) is 101 Å². The summed E-state index contributed by atoms with van der Waals surface area (Å²) < 4.78 is 12.6. The smallest absolute Gasteiger partial charge is 0.229 e. The van der Waals surface area contributed by atoms with E-state index in [-0.39, 0.29) is 0 Å². The summed E-state index contributed by atoms with van der Waals surface area (Å²) in [5, 5.41) is 6.79. The molecule has 11 heteroatoms. The number of likely N-dealkylation sites (N-methyl/N-ethyl adjacent to an activating group) is 1. The fourth-order valence-electron chi connectivity index (χ4n) is 5.11. The van der Waals surface area contributed by atoms with Gasteiger partial charge >= 0.3 is 0 Å². The molecule has 0 spiro atoms. The molecule has 1 saturated carbocycles. The van der Waals surface area contributed by atoms with Crippen molar-refractivity contribution in [1.29, 1.82) is 0 Å². The van der Waals surface area contributed by atoms with Crippen LogP contribution < -0.4 is 25.0 Å². The standard InChI is InChI=1S/C29H33BrN8O2/c1-4-19-21(7-8-22-27(19)32-10-9-31-22)34-28-20(30)17-33-29(36-28)35-23-15-26-24(16-25(23)39-3)38(13-14-40-26)12-11-37(2)18-5-6-18/h7-10,15-18H,4-6,11-14H2,1-3H3,(H2,33,34,35,36). The van der Waals surface area contributed by atoms with Gasteiger partial charge in [-0.1, -0.05) is 6.92 Å². The van der Waals surface area contributed by atoms with E-state index in [1.165, 1.54) is 12.8 Å². The van der Waals surface area contributed by atoms with Gasteiger partial charge in [-0.3, -0.25) is 9.97 Å². The molecule has 2 aliphatic rings. The molecule has 2 aromatic carbocycles. The minimum atomic E-state index is 0.432. The van der Waals surface area contributed by atoms with E-state index in [1.807, 2.05) is 24.3 Å². The number of methoxy groups -OCH3 is 1. The minimum Gasteiger partial charge on any atom is -0.494 e. The van der Waals surface area contributed by atoms with Crippen LogP contribution in [0.1, 0.15) is 25.3 Å². The Morgan fingerprint density at radius 1 is 1.12 bits per heavy atom. The van der Waals surface area contributed by atoms with Crippen LogP contribution in [0.25, 0.3) is 11.0 Å². The molecular weight excluding hydrogens is 572 g/mol. The van der Waals surface area contributed by atoms with Gasteiger partial charge in [0.05, 0.1) is 40.5 Å². The van der Waals surface area contributed by atoms with Crippen molar-refractivity contribution in [1.82, 2.24) is 24.8 Å². The molecule has 6 rings (SSSR count). The van der Waals surface area contributed by atoms with Crippen molar-refractivity contribution in [3.05, 3.63) is 52.9 Å². The van der Waals surface area contributed by atoms with Crippen LogP contribution in [0.15, 0.2) is 47.3 Å². The van der Waals surface area contributed by atoms with Gasteiger partial charge in [-0.15, -0.1) is 0 Å². The van der Waals surface area contributed by atoms with E-state index in [9.17, 15) is 0 Å². The van der Waals surface area contributed by atoms with Gasteiger partial charge in [0.1, 0.15) is 23.9 Å². The summed E-state index contributed by atoms with van der Waals surface area (Å²) in [5.41, 5.74) is 5.53. The minimum absolute atomic E-state index is 0.432. The lowest BCUT2D eigenvalue weighted by Crippen LogP contribution is -2.39. The van der Waals surface area contributed by atoms with E-state index in [2.05, 4.69) is 65.3 Å². The van der Waals surface area contributed by atoms with Crippen molar-refractivity contribution in [3.8, 4) is 11.5 Å². The molecule has 0 unspecified atom stereocenters. The molecule has 3 heterocycles. The van der Waals surface area contributed by atoms with E-state index in [4.69, 9.17) is 14.5 Å². The molecule has 1 aliphatic heterocycles. The Balaban J connectivity index is 1.24. The molecule has 1 aliphatic carbocycles. The summed E-state index contributed by atoms with van der Waals surface area (Å²) in [7, 11) is 3.89. The van der Waals surface area contributed by atoms with Crippen LogP contribution in [0.2, 0.25) is 0 Å². The van der Waals surface area contributed by atoms with Crippen molar-refractivity contribution >= 4 is 55.8 Å². The Labute approximate surface area is 242 Å². The number of rotatable bonds is 10. The molecule has 0 bridgehead atoms.